The molecule has 0 spiro atoms. The average Bonchev–Trinajstić information content (AvgIpc) is 3.02. The molecule has 0 radical (unpaired) electrons. The first-order chi connectivity index (χ1) is 10.1. The van der Waals surface area contributed by atoms with E-state index in [1.807, 2.05) is 38.3 Å². The molecule has 0 amide bonds. The van der Waals surface area contributed by atoms with Crippen LogP contribution in [0.5, 0.6) is 0 Å². The Bertz CT molecular complexity index is 710. The fraction of sp³-hybridized carbons (Fsp3) is 0.333. The van der Waals surface area contributed by atoms with E-state index in [-0.39, 0.29) is 0 Å². The number of aromatic nitrogens is 3. The molecule has 110 valence electrons. The van der Waals surface area contributed by atoms with Crippen LogP contribution in [0.3, 0.4) is 0 Å². The summed E-state index contributed by atoms with van der Waals surface area (Å²) in [7, 11) is 6.04. The van der Waals surface area contributed by atoms with E-state index >= 15 is 0 Å². The molecule has 2 heterocycles. The number of hydrogen-bond donors (Lipinski definition) is 1. The third-order valence-electron chi connectivity index (χ3n) is 3.38. The Balaban J connectivity index is 1.63. The molecule has 0 saturated heterocycles. The van der Waals surface area contributed by atoms with Crippen LogP contribution in [0.4, 0.5) is 5.95 Å². The molecule has 0 fully saturated rings. The maximum absolute atomic E-state index is 4.63. The highest BCUT2D eigenvalue weighted by Gasteiger charge is 2.08. The van der Waals surface area contributed by atoms with Gasteiger partial charge in [-0.25, -0.2) is 9.97 Å². The van der Waals surface area contributed by atoms with Gasteiger partial charge in [0.2, 0.25) is 5.95 Å². The van der Waals surface area contributed by atoms with Crippen LogP contribution in [-0.4, -0.2) is 28.6 Å². The molecule has 21 heavy (non-hydrogen) atoms. The standard InChI is InChI=1S/C15H19N5S/c1-19(2)15-17-9-11(20(15)3)8-16-10-14-18-12-6-4-5-7-13(12)21-14/h4-7,9,16H,8,10H2,1-3H3. The third-order valence-corrected chi connectivity index (χ3v) is 4.42. The lowest BCUT2D eigenvalue weighted by molar-refractivity contribution is 0.652. The van der Waals surface area contributed by atoms with E-state index in [4.69, 9.17) is 0 Å². The van der Waals surface area contributed by atoms with Gasteiger partial charge in [-0.15, -0.1) is 11.3 Å². The van der Waals surface area contributed by atoms with Crippen LogP contribution in [-0.2, 0) is 20.1 Å². The number of anilines is 1. The maximum Gasteiger partial charge on any atom is 0.204 e. The van der Waals surface area contributed by atoms with Crippen molar-refractivity contribution in [3.8, 4) is 0 Å². The van der Waals surface area contributed by atoms with Crippen LogP contribution < -0.4 is 10.2 Å². The zero-order valence-electron chi connectivity index (χ0n) is 12.5. The largest absolute Gasteiger partial charge is 0.348 e. The van der Waals surface area contributed by atoms with Gasteiger partial charge >= 0.3 is 0 Å². The van der Waals surface area contributed by atoms with E-state index in [0.29, 0.717) is 0 Å². The van der Waals surface area contributed by atoms with E-state index in [2.05, 4.69) is 38.1 Å². The van der Waals surface area contributed by atoms with Gasteiger partial charge in [0, 0.05) is 34.2 Å². The summed E-state index contributed by atoms with van der Waals surface area (Å²) in [6, 6.07) is 8.24. The molecular formula is C15H19N5S. The smallest absolute Gasteiger partial charge is 0.204 e. The van der Waals surface area contributed by atoms with Gasteiger partial charge < -0.3 is 14.8 Å². The number of nitrogens with one attached hydrogen (secondary N) is 1. The number of hydrogen-bond acceptors (Lipinski definition) is 5. The van der Waals surface area contributed by atoms with Crippen LogP contribution in [0.1, 0.15) is 10.7 Å². The van der Waals surface area contributed by atoms with Crippen molar-refractivity contribution in [3.63, 3.8) is 0 Å². The Labute approximate surface area is 128 Å². The fourth-order valence-electron chi connectivity index (χ4n) is 2.31. The van der Waals surface area contributed by atoms with Gasteiger partial charge in [-0.1, -0.05) is 12.1 Å². The molecule has 0 aliphatic rings. The number of para-hydroxylation sites is 1. The van der Waals surface area contributed by atoms with E-state index in [0.717, 1.165) is 29.6 Å². The van der Waals surface area contributed by atoms with Gasteiger partial charge in [-0.3, -0.25) is 0 Å². The summed E-state index contributed by atoms with van der Waals surface area (Å²) >= 11 is 1.74. The molecule has 3 aromatic rings. The summed E-state index contributed by atoms with van der Waals surface area (Å²) in [6.07, 6.45) is 1.92. The van der Waals surface area contributed by atoms with Crippen molar-refractivity contribution in [1.82, 2.24) is 19.9 Å². The van der Waals surface area contributed by atoms with Crippen molar-refractivity contribution >= 4 is 27.5 Å². The molecule has 1 aromatic carbocycles. The van der Waals surface area contributed by atoms with Crippen molar-refractivity contribution in [2.45, 2.75) is 13.1 Å². The lowest BCUT2D eigenvalue weighted by Gasteiger charge is -2.12. The van der Waals surface area contributed by atoms with Crippen LogP contribution >= 0.6 is 11.3 Å². The predicted molar refractivity (Wildman–Crippen MR) is 87.7 cm³/mol. The Hall–Kier alpha value is -1.92. The van der Waals surface area contributed by atoms with E-state index in [1.54, 1.807) is 11.3 Å². The van der Waals surface area contributed by atoms with Crippen molar-refractivity contribution in [2.75, 3.05) is 19.0 Å². The minimum atomic E-state index is 0.780. The molecule has 1 N–H and O–H groups in total. The predicted octanol–water partition coefficient (Wildman–Crippen LogP) is 2.39. The number of nitrogens with zero attached hydrogens (tertiary/aromatic N) is 4. The Morgan fingerprint density at radius 3 is 2.76 bits per heavy atom. The maximum atomic E-state index is 4.63. The Morgan fingerprint density at radius 1 is 1.24 bits per heavy atom. The molecule has 3 rings (SSSR count). The molecule has 0 saturated carbocycles. The molecule has 5 nitrogen and oxygen atoms in total. The van der Waals surface area contributed by atoms with Crippen LogP contribution in [0.25, 0.3) is 10.2 Å². The van der Waals surface area contributed by atoms with Gasteiger partial charge in [0.1, 0.15) is 5.01 Å². The molecule has 0 aliphatic heterocycles. The van der Waals surface area contributed by atoms with E-state index < -0.39 is 0 Å². The Kier molecular flexibility index (Phi) is 3.90. The van der Waals surface area contributed by atoms with E-state index in [9.17, 15) is 0 Å². The average molecular weight is 301 g/mol. The van der Waals surface area contributed by atoms with Gasteiger partial charge in [0.15, 0.2) is 0 Å². The Morgan fingerprint density at radius 2 is 2.05 bits per heavy atom. The van der Waals surface area contributed by atoms with Crippen molar-refractivity contribution in [1.29, 1.82) is 0 Å². The summed E-state index contributed by atoms with van der Waals surface area (Å²) in [5.74, 6) is 0.965. The highest BCUT2D eigenvalue weighted by atomic mass is 32.1. The summed E-state index contributed by atoms with van der Waals surface area (Å²) < 4.78 is 3.34. The molecule has 0 aliphatic carbocycles. The second-order valence-corrected chi connectivity index (χ2v) is 6.30. The molecular weight excluding hydrogens is 282 g/mol. The lowest BCUT2D eigenvalue weighted by Crippen LogP contribution is -2.18. The number of imidazole rings is 1. The van der Waals surface area contributed by atoms with Crippen molar-refractivity contribution in [3.05, 3.63) is 41.2 Å². The minimum Gasteiger partial charge on any atom is -0.348 e. The summed E-state index contributed by atoms with van der Waals surface area (Å²) in [6.45, 7) is 1.56. The fourth-order valence-corrected chi connectivity index (χ4v) is 3.24. The first kappa shape index (κ1) is 14.0. The van der Waals surface area contributed by atoms with Crippen molar-refractivity contribution < 1.29 is 0 Å². The minimum absolute atomic E-state index is 0.780. The van der Waals surface area contributed by atoms with Gasteiger partial charge in [0.05, 0.1) is 22.1 Å². The monoisotopic (exact) mass is 301 g/mol. The highest BCUT2D eigenvalue weighted by Crippen LogP contribution is 2.21. The molecule has 0 atom stereocenters. The second-order valence-electron chi connectivity index (χ2n) is 5.18. The topological polar surface area (TPSA) is 46.0 Å². The normalized spacial score (nSPS) is 11.2. The summed E-state index contributed by atoms with van der Waals surface area (Å²) in [5, 5.41) is 4.56. The molecule has 2 aromatic heterocycles. The van der Waals surface area contributed by atoms with Crippen molar-refractivity contribution in [2.24, 2.45) is 7.05 Å². The first-order valence-corrected chi connectivity index (χ1v) is 7.70. The highest BCUT2D eigenvalue weighted by molar-refractivity contribution is 7.18. The number of thiazole rings is 1. The first-order valence-electron chi connectivity index (χ1n) is 6.88. The van der Waals surface area contributed by atoms with Crippen LogP contribution in [0.2, 0.25) is 0 Å². The summed E-state index contributed by atoms with van der Waals surface area (Å²) in [5.41, 5.74) is 2.24. The number of rotatable bonds is 5. The quantitative estimate of drug-likeness (QED) is 0.786. The number of benzene rings is 1. The van der Waals surface area contributed by atoms with Gasteiger partial charge in [-0.05, 0) is 12.1 Å². The number of fused-ring (bicyclic) bond motifs is 1. The zero-order valence-corrected chi connectivity index (χ0v) is 13.3. The SMILES string of the molecule is CN(C)c1ncc(CNCc2nc3ccccc3s2)n1C. The van der Waals surface area contributed by atoms with Gasteiger partial charge in [0.25, 0.3) is 0 Å². The van der Waals surface area contributed by atoms with Crippen LogP contribution in [0, 0.1) is 0 Å². The lowest BCUT2D eigenvalue weighted by atomic mass is 10.3. The second kappa shape index (κ2) is 5.83. The molecule has 0 bridgehead atoms. The van der Waals surface area contributed by atoms with Gasteiger partial charge in [-0.2, -0.15) is 0 Å². The third kappa shape index (κ3) is 2.91. The van der Waals surface area contributed by atoms with Crippen LogP contribution in [0.15, 0.2) is 30.5 Å². The molecule has 6 heteroatoms. The zero-order chi connectivity index (χ0) is 14.8. The molecule has 0 unspecified atom stereocenters. The summed E-state index contributed by atoms with van der Waals surface area (Å²) in [4.78, 5) is 11.0. The van der Waals surface area contributed by atoms with E-state index in [1.165, 1.54) is 10.4 Å².